The van der Waals surface area contributed by atoms with Gasteiger partial charge in [-0.2, -0.15) is 0 Å². The molecule has 0 aliphatic heterocycles. The van der Waals surface area contributed by atoms with Gasteiger partial charge in [-0.1, -0.05) is 139 Å². The van der Waals surface area contributed by atoms with Crippen LogP contribution in [0.3, 0.4) is 0 Å². The minimum absolute atomic E-state index is 0.0839. The Kier molecular flexibility index (Phi) is 3.18. The fourth-order valence-electron chi connectivity index (χ4n) is 6.18. The van der Waals surface area contributed by atoms with Crippen molar-refractivity contribution < 1.29 is 22.2 Å². The zero-order valence-corrected chi connectivity index (χ0v) is 22.4. The third kappa shape index (κ3) is 3.65. The van der Waals surface area contributed by atoms with Gasteiger partial charge in [-0.15, -0.1) is 0 Å². The van der Waals surface area contributed by atoms with Crippen molar-refractivity contribution >= 4 is 54.3 Å². The zero-order chi connectivity index (χ0) is 39.6. The summed E-state index contributed by atoms with van der Waals surface area (Å²) in [5, 5.41) is 2.52. The third-order valence-corrected chi connectivity index (χ3v) is 8.01. The van der Waals surface area contributed by atoms with Gasteiger partial charge in [-0.25, -0.2) is 0 Å². The van der Waals surface area contributed by atoms with Crippen LogP contribution in [0.2, 0.25) is 0 Å². The maximum absolute atomic E-state index is 9.31. The van der Waals surface area contributed by atoms with Crippen molar-refractivity contribution in [2.75, 3.05) is 0 Å². The maximum Gasteiger partial charge on any atom is 0.136 e. The molecule has 1 aromatic heterocycles. The standard InChI is InChI=1S/C42H26O/c1-2-12-27(13-3-1)41-34-17-6-8-19-36(34)42(37-20-9-7-18-35(37)41)38-25-24-29(30-14-4-5-15-31(30)38)28-22-23-33-32-16-10-11-21-39(32)43-40(33)26-28/h1-26H/i1D,2D,3D,6D,7D,8D,9D,12D,13D,17D,18D,19D,20D. The monoisotopic (exact) mass is 559 g/mol. The second kappa shape index (κ2) is 9.44. The molecule has 0 aliphatic carbocycles. The highest BCUT2D eigenvalue weighted by Gasteiger charge is 2.19. The van der Waals surface area contributed by atoms with E-state index in [1.807, 2.05) is 66.7 Å². The molecular formula is C42H26O. The van der Waals surface area contributed by atoms with Crippen LogP contribution in [0.25, 0.3) is 87.6 Å². The topological polar surface area (TPSA) is 13.1 Å². The molecule has 200 valence electrons. The van der Waals surface area contributed by atoms with Gasteiger partial charge in [0.05, 0.1) is 17.8 Å². The lowest BCUT2D eigenvalue weighted by atomic mass is 9.84. The molecule has 9 rings (SSSR count). The second-order valence-corrected chi connectivity index (χ2v) is 10.3. The van der Waals surface area contributed by atoms with E-state index in [4.69, 9.17) is 16.8 Å². The zero-order valence-electron chi connectivity index (χ0n) is 35.4. The Hall–Kier alpha value is -5.66. The van der Waals surface area contributed by atoms with E-state index in [9.17, 15) is 5.48 Å². The van der Waals surface area contributed by atoms with Gasteiger partial charge in [0.2, 0.25) is 0 Å². The number of hydrogen-bond acceptors (Lipinski definition) is 1. The third-order valence-electron chi connectivity index (χ3n) is 8.01. The first-order valence-electron chi connectivity index (χ1n) is 20.2. The van der Waals surface area contributed by atoms with E-state index in [-0.39, 0.29) is 32.7 Å². The molecule has 0 N–H and O–H groups in total. The molecule has 0 fully saturated rings. The molecule has 0 saturated carbocycles. The predicted octanol–water partition coefficient (Wildman–Crippen LogP) is 12.0. The highest BCUT2D eigenvalue weighted by Crippen LogP contribution is 2.46. The summed E-state index contributed by atoms with van der Waals surface area (Å²) in [5.74, 6) is 0. The molecule has 0 amide bonds. The summed E-state index contributed by atoms with van der Waals surface area (Å²) >= 11 is 0. The Bertz CT molecular complexity index is 3130. The lowest BCUT2D eigenvalue weighted by Gasteiger charge is -2.19. The van der Waals surface area contributed by atoms with E-state index < -0.39 is 84.1 Å². The molecule has 0 bridgehead atoms. The lowest BCUT2D eigenvalue weighted by molar-refractivity contribution is 0.669. The Labute approximate surface area is 267 Å². The van der Waals surface area contributed by atoms with Crippen molar-refractivity contribution in [2.45, 2.75) is 0 Å². The molecule has 43 heavy (non-hydrogen) atoms. The van der Waals surface area contributed by atoms with Crippen LogP contribution in [-0.2, 0) is 0 Å². The van der Waals surface area contributed by atoms with E-state index in [1.54, 1.807) is 12.1 Å². The molecule has 9 aromatic rings. The van der Waals surface area contributed by atoms with Crippen molar-refractivity contribution in [1.29, 1.82) is 0 Å². The molecule has 1 nitrogen and oxygen atoms in total. The van der Waals surface area contributed by atoms with Crippen LogP contribution >= 0.6 is 0 Å². The first-order chi connectivity index (χ1) is 26.7. The molecular weight excluding hydrogens is 520 g/mol. The summed E-state index contributed by atoms with van der Waals surface area (Å²) in [6.45, 7) is 0. The van der Waals surface area contributed by atoms with E-state index in [0.717, 1.165) is 32.9 Å². The lowest BCUT2D eigenvalue weighted by Crippen LogP contribution is -1.92. The van der Waals surface area contributed by atoms with E-state index >= 15 is 0 Å². The van der Waals surface area contributed by atoms with Crippen molar-refractivity contribution in [2.24, 2.45) is 0 Å². The molecule has 1 heteroatoms. The fourth-order valence-corrected chi connectivity index (χ4v) is 6.18. The Morgan fingerprint density at radius 2 is 0.907 bits per heavy atom. The SMILES string of the molecule is [2H]c1c([2H])c([2H])c(-c2c3c([2H])c([2H])c([2H])c([2H])c3c(-c3ccc(-c4ccc5c(c4)oc4ccccc45)c4ccccc34)c3c([2H])c([2H])c([2H])c([2H])c23)c([2H])c1[2H]. The highest BCUT2D eigenvalue weighted by molar-refractivity contribution is 6.24. The maximum atomic E-state index is 9.31. The number of furan rings is 1. The number of para-hydroxylation sites is 1. The van der Waals surface area contributed by atoms with Crippen LogP contribution < -0.4 is 0 Å². The summed E-state index contributed by atoms with van der Waals surface area (Å²) in [6.07, 6.45) is 0. The summed E-state index contributed by atoms with van der Waals surface area (Å²) < 4.78 is 121. The Morgan fingerprint density at radius 3 is 1.60 bits per heavy atom. The predicted molar refractivity (Wildman–Crippen MR) is 183 cm³/mol. The van der Waals surface area contributed by atoms with Gasteiger partial charge in [-0.05, 0) is 83.9 Å². The Balaban J connectivity index is 1.48. The second-order valence-electron chi connectivity index (χ2n) is 10.3. The molecule has 0 atom stereocenters. The molecule has 8 aromatic carbocycles. The van der Waals surface area contributed by atoms with Crippen LogP contribution in [0.5, 0.6) is 0 Å². The fraction of sp³-hybridized carbons (Fsp3) is 0. The minimum Gasteiger partial charge on any atom is -0.456 e. The summed E-state index contributed by atoms with van der Waals surface area (Å²) in [6, 6.07) is 16.3. The van der Waals surface area contributed by atoms with Crippen LogP contribution in [0.1, 0.15) is 17.8 Å². The van der Waals surface area contributed by atoms with Crippen LogP contribution in [0.4, 0.5) is 0 Å². The average Bonchev–Trinajstić information content (AvgIpc) is 3.59. The first-order valence-corrected chi connectivity index (χ1v) is 13.7. The molecule has 0 spiro atoms. The molecule has 0 radical (unpaired) electrons. The van der Waals surface area contributed by atoms with Crippen LogP contribution in [0, 0.1) is 0 Å². The highest BCUT2D eigenvalue weighted by atomic mass is 16.3. The molecule has 0 saturated heterocycles. The number of benzene rings is 8. The van der Waals surface area contributed by atoms with Gasteiger partial charge in [0.25, 0.3) is 0 Å². The van der Waals surface area contributed by atoms with Gasteiger partial charge < -0.3 is 4.42 Å². The smallest absolute Gasteiger partial charge is 0.136 e. The quantitative estimate of drug-likeness (QED) is 0.196. The van der Waals surface area contributed by atoms with E-state index in [0.29, 0.717) is 16.5 Å². The van der Waals surface area contributed by atoms with Gasteiger partial charge in [0.1, 0.15) is 11.2 Å². The van der Waals surface area contributed by atoms with E-state index in [1.165, 1.54) is 0 Å². The van der Waals surface area contributed by atoms with Gasteiger partial charge in [0, 0.05) is 10.8 Å². The molecule has 0 unspecified atom stereocenters. The van der Waals surface area contributed by atoms with Crippen LogP contribution in [-0.4, -0.2) is 0 Å². The first kappa shape index (κ1) is 14.5. The van der Waals surface area contributed by atoms with Crippen molar-refractivity contribution in [1.82, 2.24) is 0 Å². The summed E-state index contributed by atoms with van der Waals surface area (Å²) in [7, 11) is 0. The van der Waals surface area contributed by atoms with Gasteiger partial charge >= 0.3 is 0 Å². The molecule has 0 aliphatic rings. The van der Waals surface area contributed by atoms with Crippen molar-refractivity contribution in [3.63, 3.8) is 0 Å². The number of rotatable bonds is 3. The number of fused-ring (bicyclic) bond motifs is 6. The minimum atomic E-state index is -0.713. The largest absolute Gasteiger partial charge is 0.456 e. The average molecular weight is 560 g/mol. The van der Waals surface area contributed by atoms with Gasteiger partial charge in [-0.3, -0.25) is 0 Å². The normalized spacial score (nSPS) is 16.0. The summed E-state index contributed by atoms with van der Waals surface area (Å²) in [4.78, 5) is 0. The Morgan fingerprint density at radius 1 is 0.372 bits per heavy atom. The summed E-state index contributed by atoms with van der Waals surface area (Å²) in [5.41, 5.74) is 2.79. The molecule has 1 heterocycles. The number of hydrogen-bond donors (Lipinski definition) is 0. The van der Waals surface area contributed by atoms with Gasteiger partial charge in [0.15, 0.2) is 0 Å². The van der Waals surface area contributed by atoms with E-state index in [2.05, 4.69) is 0 Å². The van der Waals surface area contributed by atoms with Crippen molar-refractivity contribution in [3.8, 4) is 33.4 Å². The van der Waals surface area contributed by atoms with Crippen molar-refractivity contribution in [3.05, 3.63) is 157 Å². The van der Waals surface area contributed by atoms with Crippen LogP contribution in [0.15, 0.2) is 162 Å².